The third-order valence-electron chi connectivity index (χ3n) is 3.56. The maximum Gasteiger partial charge on any atom is 0.323 e. The monoisotopic (exact) mass is 297 g/mol. The lowest BCUT2D eigenvalue weighted by atomic mass is 9.81. The van der Waals surface area contributed by atoms with Gasteiger partial charge in [0.25, 0.3) is 5.56 Å². The number of aliphatic carboxylic acids is 1. The minimum absolute atomic E-state index is 0.143. The summed E-state index contributed by atoms with van der Waals surface area (Å²) in [6, 6.07) is 1.37. The maximum absolute atomic E-state index is 11.6. The Morgan fingerprint density at radius 1 is 1.70 bits per heavy atom. The Morgan fingerprint density at radius 2 is 2.50 bits per heavy atom. The molecule has 1 heterocycles. The zero-order chi connectivity index (χ0) is 14.6. The number of nitrogens with one attached hydrogen (secondary N) is 2. The molecule has 0 aliphatic heterocycles. The van der Waals surface area contributed by atoms with Gasteiger partial charge in [-0.25, -0.2) is 4.98 Å². The number of likely N-dealkylation sites (N-methyl/N-ethyl adjacent to an activating group) is 1. The molecular weight excluding hydrogens is 278 g/mol. The van der Waals surface area contributed by atoms with Gasteiger partial charge in [-0.2, -0.15) is 0 Å². The second-order valence-electron chi connectivity index (χ2n) is 4.99. The van der Waals surface area contributed by atoms with Crippen LogP contribution in [0.2, 0.25) is 0 Å². The van der Waals surface area contributed by atoms with Gasteiger partial charge in [-0.05, 0) is 32.2 Å². The number of H-pyrrole nitrogens is 1. The van der Waals surface area contributed by atoms with Crippen molar-refractivity contribution < 1.29 is 9.90 Å². The van der Waals surface area contributed by atoms with Crippen LogP contribution in [0, 0.1) is 0 Å². The topological polar surface area (TPSA) is 95.1 Å². The Hall–Kier alpha value is -1.34. The van der Waals surface area contributed by atoms with Gasteiger partial charge in [-0.1, -0.05) is 18.7 Å². The van der Waals surface area contributed by atoms with Crippen molar-refractivity contribution in [1.29, 1.82) is 0 Å². The van der Waals surface area contributed by atoms with E-state index >= 15 is 0 Å². The van der Waals surface area contributed by atoms with Crippen LogP contribution in [0.15, 0.2) is 22.2 Å². The summed E-state index contributed by atoms with van der Waals surface area (Å²) in [5.41, 5.74) is -1.03. The standard InChI is InChI=1S/C13H19N3O3S/c1-2-15-13(11(18)19)6-3-4-9(8-13)20-12-14-7-5-10(17)16-12/h5,7,9,15H,2-4,6,8H2,1H3,(H,18,19)(H,14,16,17). The second-order valence-corrected chi connectivity index (χ2v) is 6.28. The van der Waals surface area contributed by atoms with Crippen molar-refractivity contribution in [3.63, 3.8) is 0 Å². The fourth-order valence-corrected chi connectivity index (χ4v) is 3.91. The molecule has 0 bridgehead atoms. The quantitative estimate of drug-likeness (QED) is 0.708. The lowest BCUT2D eigenvalue weighted by molar-refractivity contribution is -0.146. The van der Waals surface area contributed by atoms with Gasteiger partial charge in [0.1, 0.15) is 5.54 Å². The molecular formula is C13H19N3O3S. The maximum atomic E-state index is 11.6. The second kappa shape index (κ2) is 6.41. The van der Waals surface area contributed by atoms with E-state index in [9.17, 15) is 14.7 Å². The number of aromatic nitrogens is 2. The van der Waals surface area contributed by atoms with E-state index in [1.807, 2.05) is 6.92 Å². The molecule has 1 aliphatic carbocycles. The van der Waals surface area contributed by atoms with Crippen molar-refractivity contribution in [2.75, 3.05) is 6.54 Å². The Balaban J connectivity index is 2.10. The van der Waals surface area contributed by atoms with Crippen LogP contribution < -0.4 is 10.9 Å². The van der Waals surface area contributed by atoms with Crippen molar-refractivity contribution in [2.45, 2.75) is 48.6 Å². The molecule has 20 heavy (non-hydrogen) atoms. The predicted octanol–water partition coefficient (Wildman–Crippen LogP) is 1.24. The zero-order valence-corrected chi connectivity index (χ0v) is 12.2. The number of hydrogen-bond acceptors (Lipinski definition) is 5. The summed E-state index contributed by atoms with van der Waals surface area (Å²) in [6.45, 7) is 2.54. The summed E-state index contributed by atoms with van der Waals surface area (Å²) < 4.78 is 0. The van der Waals surface area contributed by atoms with E-state index in [4.69, 9.17) is 0 Å². The number of carboxylic acids is 1. The smallest absolute Gasteiger partial charge is 0.323 e. The predicted molar refractivity (Wildman–Crippen MR) is 77.0 cm³/mol. The Morgan fingerprint density at radius 3 is 3.15 bits per heavy atom. The van der Waals surface area contributed by atoms with E-state index in [0.717, 1.165) is 12.8 Å². The highest BCUT2D eigenvalue weighted by Gasteiger charge is 2.42. The highest BCUT2D eigenvalue weighted by molar-refractivity contribution is 7.99. The summed E-state index contributed by atoms with van der Waals surface area (Å²) in [5.74, 6) is -0.792. The first-order valence-corrected chi connectivity index (χ1v) is 7.64. The molecule has 1 saturated carbocycles. The lowest BCUT2D eigenvalue weighted by Gasteiger charge is -2.37. The molecule has 7 heteroatoms. The van der Waals surface area contributed by atoms with Gasteiger partial charge in [0.2, 0.25) is 0 Å². The van der Waals surface area contributed by atoms with Gasteiger partial charge < -0.3 is 15.4 Å². The number of thioether (sulfide) groups is 1. The normalized spacial score (nSPS) is 26.4. The molecule has 110 valence electrons. The average Bonchev–Trinajstić information content (AvgIpc) is 2.39. The first-order chi connectivity index (χ1) is 9.55. The van der Waals surface area contributed by atoms with Gasteiger partial charge in [-0.3, -0.25) is 9.59 Å². The van der Waals surface area contributed by atoms with Crippen LogP contribution in [0.25, 0.3) is 0 Å². The van der Waals surface area contributed by atoms with Crippen LogP contribution >= 0.6 is 11.8 Å². The van der Waals surface area contributed by atoms with E-state index in [1.54, 1.807) is 0 Å². The molecule has 3 N–H and O–H groups in total. The van der Waals surface area contributed by atoms with Gasteiger partial charge >= 0.3 is 5.97 Å². The molecule has 2 atom stereocenters. The third kappa shape index (κ3) is 3.40. The summed E-state index contributed by atoms with van der Waals surface area (Å²) in [5, 5.41) is 13.3. The summed E-state index contributed by atoms with van der Waals surface area (Å²) in [6.07, 6.45) is 4.45. The largest absolute Gasteiger partial charge is 0.480 e. The highest BCUT2D eigenvalue weighted by atomic mass is 32.2. The molecule has 1 fully saturated rings. The van der Waals surface area contributed by atoms with Gasteiger partial charge in [0, 0.05) is 17.5 Å². The van der Waals surface area contributed by atoms with Crippen LogP contribution in [0.3, 0.4) is 0 Å². The minimum atomic E-state index is -0.847. The summed E-state index contributed by atoms with van der Waals surface area (Å²) in [4.78, 5) is 29.6. The molecule has 0 spiro atoms. The summed E-state index contributed by atoms with van der Waals surface area (Å²) in [7, 11) is 0. The number of aromatic amines is 1. The Labute approximate surface area is 121 Å². The van der Waals surface area contributed by atoms with E-state index in [0.29, 0.717) is 24.5 Å². The number of carbonyl (C=O) groups is 1. The Bertz CT molecular complexity index is 530. The van der Waals surface area contributed by atoms with E-state index in [-0.39, 0.29) is 10.8 Å². The van der Waals surface area contributed by atoms with Crippen molar-refractivity contribution in [3.8, 4) is 0 Å². The lowest BCUT2D eigenvalue weighted by Crippen LogP contribution is -2.55. The molecule has 6 nitrogen and oxygen atoms in total. The minimum Gasteiger partial charge on any atom is -0.480 e. The molecule has 0 saturated heterocycles. The fraction of sp³-hybridized carbons (Fsp3) is 0.615. The van der Waals surface area contributed by atoms with E-state index in [2.05, 4.69) is 15.3 Å². The summed E-state index contributed by atoms with van der Waals surface area (Å²) >= 11 is 1.45. The van der Waals surface area contributed by atoms with Crippen LogP contribution in [0.4, 0.5) is 0 Å². The first-order valence-electron chi connectivity index (χ1n) is 6.76. The zero-order valence-electron chi connectivity index (χ0n) is 11.4. The molecule has 0 aromatic carbocycles. The molecule has 1 aromatic rings. The number of nitrogens with zero attached hydrogens (tertiary/aromatic N) is 1. The molecule has 2 unspecified atom stereocenters. The van der Waals surface area contributed by atoms with Gasteiger partial charge in [0.05, 0.1) is 0 Å². The molecule has 0 radical (unpaired) electrons. The fourth-order valence-electron chi connectivity index (χ4n) is 2.66. The molecule has 1 aromatic heterocycles. The van der Waals surface area contributed by atoms with Crippen molar-refractivity contribution in [3.05, 3.63) is 22.6 Å². The number of carboxylic acid groups (broad SMARTS) is 1. The third-order valence-corrected chi connectivity index (χ3v) is 4.72. The number of hydrogen-bond donors (Lipinski definition) is 3. The van der Waals surface area contributed by atoms with E-state index in [1.165, 1.54) is 24.0 Å². The van der Waals surface area contributed by atoms with Crippen molar-refractivity contribution in [1.82, 2.24) is 15.3 Å². The van der Waals surface area contributed by atoms with Gasteiger partial charge in [-0.15, -0.1) is 0 Å². The number of rotatable bonds is 5. The molecule has 1 aliphatic rings. The van der Waals surface area contributed by atoms with Gasteiger partial charge in [0.15, 0.2) is 5.16 Å². The Kier molecular flexibility index (Phi) is 4.82. The molecule has 0 amide bonds. The van der Waals surface area contributed by atoms with Crippen molar-refractivity contribution >= 4 is 17.7 Å². The SMILES string of the molecule is CCNC1(C(=O)O)CCCC(Sc2nccc(=O)[nH]2)C1. The van der Waals surface area contributed by atoms with Crippen LogP contribution in [0.5, 0.6) is 0 Å². The average molecular weight is 297 g/mol. The van der Waals surface area contributed by atoms with Crippen LogP contribution in [-0.4, -0.2) is 38.4 Å². The first kappa shape index (κ1) is 15.1. The molecule has 2 rings (SSSR count). The van der Waals surface area contributed by atoms with Crippen LogP contribution in [-0.2, 0) is 4.79 Å². The van der Waals surface area contributed by atoms with Crippen molar-refractivity contribution in [2.24, 2.45) is 0 Å². The highest BCUT2D eigenvalue weighted by Crippen LogP contribution is 2.37. The van der Waals surface area contributed by atoms with Crippen LogP contribution in [0.1, 0.15) is 32.6 Å². The van der Waals surface area contributed by atoms with E-state index < -0.39 is 11.5 Å².